The van der Waals surface area contributed by atoms with Gasteiger partial charge >= 0.3 is 13.7 Å². The number of carbonyl (C=O) groups is 1. The molecule has 0 radical (unpaired) electrons. The summed E-state index contributed by atoms with van der Waals surface area (Å²) in [6.45, 7) is 2.87. The molecule has 2 aromatic heterocycles. The third-order valence-corrected chi connectivity index (χ3v) is 8.85. The highest BCUT2D eigenvalue weighted by Crippen LogP contribution is 2.49. The van der Waals surface area contributed by atoms with Crippen LogP contribution in [-0.2, 0) is 23.4 Å². The van der Waals surface area contributed by atoms with Crippen molar-refractivity contribution in [2.45, 2.75) is 56.6 Å². The molecule has 6 atom stereocenters. The number of hydrogen-bond donors (Lipinski definition) is 4. The number of carbonyl (C=O) groups excluding carboxylic acids is 1. The number of aromatic nitrogens is 3. The van der Waals surface area contributed by atoms with E-state index in [1.807, 2.05) is 13.0 Å². The molecule has 218 valence electrons. The first-order valence-electron chi connectivity index (χ1n) is 13.0. The molecule has 3 aromatic rings. The van der Waals surface area contributed by atoms with Crippen LogP contribution in [0.15, 0.2) is 48.8 Å². The topological polar surface area (TPSA) is 204 Å². The van der Waals surface area contributed by atoms with Gasteiger partial charge < -0.3 is 29.9 Å². The highest BCUT2D eigenvalue weighted by molar-refractivity contribution is 7.52. The lowest BCUT2D eigenvalue weighted by Crippen LogP contribution is -2.46. The fourth-order valence-electron chi connectivity index (χ4n) is 4.38. The van der Waals surface area contributed by atoms with Gasteiger partial charge in [-0.3, -0.25) is 9.32 Å². The van der Waals surface area contributed by atoms with Gasteiger partial charge in [0.15, 0.2) is 5.82 Å². The predicted octanol–water partition coefficient (Wildman–Crippen LogP) is 1.89. The maximum absolute atomic E-state index is 13.9. The van der Waals surface area contributed by atoms with E-state index in [9.17, 15) is 24.8 Å². The zero-order valence-electron chi connectivity index (χ0n) is 22.4. The number of anilines is 1. The number of esters is 1. The molecule has 0 bridgehead atoms. The van der Waals surface area contributed by atoms with Crippen molar-refractivity contribution < 1.29 is 38.1 Å². The van der Waals surface area contributed by atoms with E-state index in [1.54, 1.807) is 30.3 Å². The zero-order valence-corrected chi connectivity index (χ0v) is 23.3. The number of aliphatic hydroxyl groups is 2. The third kappa shape index (κ3) is 5.92. The van der Waals surface area contributed by atoms with E-state index in [1.165, 1.54) is 29.9 Å². The Morgan fingerprint density at radius 3 is 2.71 bits per heavy atom. The van der Waals surface area contributed by atoms with Crippen LogP contribution in [0.5, 0.6) is 5.75 Å². The quantitative estimate of drug-likeness (QED) is 0.187. The van der Waals surface area contributed by atoms with E-state index in [4.69, 9.17) is 24.3 Å². The minimum atomic E-state index is -4.40. The van der Waals surface area contributed by atoms with Crippen LogP contribution in [0.3, 0.4) is 0 Å². The molecule has 1 aliphatic carbocycles. The Hall–Kier alpha value is -3.57. The van der Waals surface area contributed by atoms with Crippen LogP contribution in [0.25, 0.3) is 5.52 Å². The monoisotopic (exact) mass is 586 g/mol. The fraction of sp³-hybridized carbons (Fsp3) is 0.462. The summed E-state index contributed by atoms with van der Waals surface area (Å²) in [5.41, 5.74) is 4.39. The minimum Gasteiger partial charge on any atom is -0.464 e. The molecule has 1 aromatic carbocycles. The number of nitrogens with one attached hydrogen (secondary N) is 1. The first-order valence-corrected chi connectivity index (χ1v) is 14.5. The largest absolute Gasteiger partial charge is 0.464 e. The van der Waals surface area contributed by atoms with Crippen LogP contribution in [0.2, 0.25) is 0 Å². The standard InChI is InChI=1S/C26H31N6O8P/c1-16(24(35)37-13-25(2)10-11-25)31-41(36,40-17-6-4-3-5-7-17)38-14-26(12-27)22(34)20(33)21(39-26)18-8-9-19-23(28)29-15-30-32(18)19/h3-9,15-16,20-22,33-34H,10-11,13-14H2,1-2H3,(H,31,36)(H2,28,29,30)/t16-,20-,21-,22-,26+,41?/m0/s1. The van der Waals surface area contributed by atoms with Crippen molar-refractivity contribution in [1.82, 2.24) is 19.7 Å². The molecule has 5 N–H and O–H groups in total. The molecule has 1 saturated carbocycles. The van der Waals surface area contributed by atoms with Gasteiger partial charge in [-0.1, -0.05) is 25.1 Å². The van der Waals surface area contributed by atoms with Gasteiger partial charge in [-0.2, -0.15) is 15.4 Å². The molecular formula is C26H31N6O8P. The van der Waals surface area contributed by atoms with Gasteiger partial charge in [0.2, 0.25) is 5.60 Å². The molecule has 2 aliphatic rings. The number of ether oxygens (including phenoxy) is 2. The molecule has 5 rings (SSSR count). The third-order valence-electron chi connectivity index (χ3n) is 7.23. The molecule has 14 nitrogen and oxygen atoms in total. The minimum absolute atomic E-state index is 0.0499. The molecule has 0 amide bonds. The average molecular weight is 587 g/mol. The van der Waals surface area contributed by atoms with E-state index in [0.717, 1.165) is 12.8 Å². The van der Waals surface area contributed by atoms with Gasteiger partial charge in [0.25, 0.3) is 0 Å². The summed E-state index contributed by atoms with van der Waals surface area (Å²) in [6, 6.07) is 12.0. The Morgan fingerprint density at radius 1 is 1.29 bits per heavy atom. The Balaban J connectivity index is 1.35. The van der Waals surface area contributed by atoms with Gasteiger partial charge in [-0.25, -0.2) is 14.1 Å². The number of aliphatic hydroxyl groups excluding tert-OH is 2. The number of nitriles is 1. The van der Waals surface area contributed by atoms with Crippen molar-refractivity contribution in [2.75, 3.05) is 18.9 Å². The summed E-state index contributed by atoms with van der Waals surface area (Å²) < 4.78 is 37.8. The smallest absolute Gasteiger partial charge is 0.459 e. The van der Waals surface area contributed by atoms with Crippen LogP contribution < -0.4 is 15.3 Å². The molecule has 0 spiro atoms. The van der Waals surface area contributed by atoms with Gasteiger partial charge in [0.1, 0.15) is 54.6 Å². The Bertz CT molecular complexity index is 1510. The summed E-state index contributed by atoms with van der Waals surface area (Å²) in [4.78, 5) is 16.6. The van der Waals surface area contributed by atoms with Crippen molar-refractivity contribution in [3.8, 4) is 11.8 Å². The van der Waals surface area contributed by atoms with Gasteiger partial charge in [0.05, 0.1) is 12.3 Å². The number of nitrogens with two attached hydrogens (primary N) is 1. The molecule has 2 fully saturated rings. The highest BCUT2D eigenvalue weighted by atomic mass is 31.2. The maximum Gasteiger partial charge on any atom is 0.459 e. The van der Waals surface area contributed by atoms with Gasteiger partial charge in [-0.05, 0) is 44.0 Å². The lowest BCUT2D eigenvalue weighted by atomic mass is 9.96. The summed E-state index contributed by atoms with van der Waals surface area (Å²) in [6.07, 6.45) is -1.49. The van der Waals surface area contributed by atoms with Crippen molar-refractivity contribution in [1.29, 1.82) is 5.26 Å². The van der Waals surface area contributed by atoms with E-state index < -0.39 is 50.3 Å². The van der Waals surface area contributed by atoms with Gasteiger partial charge in [-0.15, -0.1) is 0 Å². The summed E-state index contributed by atoms with van der Waals surface area (Å²) >= 11 is 0. The highest BCUT2D eigenvalue weighted by Gasteiger charge is 2.57. The molecule has 1 saturated heterocycles. The number of nitrogen functional groups attached to an aromatic ring is 1. The summed E-state index contributed by atoms with van der Waals surface area (Å²) in [5, 5.41) is 38.6. The number of nitrogens with zero attached hydrogens (tertiary/aromatic N) is 4. The maximum atomic E-state index is 13.9. The number of fused-ring (bicyclic) bond motifs is 1. The second-order valence-electron chi connectivity index (χ2n) is 10.6. The first-order chi connectivity index (χ1) is 19.5. The van der Waals surface area contributed by atoms with Crippen molar-refractivity contribution in [3.63, 3.8) is 0 Å². The number of rotatable bonds is 11. The Labute approximate surface area is 235 Å². The lowest BCUT2D eigenvalue weighted by Gasteiger charge is -2.28. The van der Waals surface area contributed by atoms with E-state index >= 15 is 0 Å². The molecule has 15 heteroatoms. The van der Waals surface area contributed by atoms with E-state index in [0.29, 0.717) is 11.2 Å². The SMILES string of the molecule is C[C@H](NP(=O)(OC[C@@]1(C#N)O[C@@H](c2ccc3c(N)ncnn23)[C@H](O)[C@@H]1O)Oc1ccccc1)C(=O)OCC1(C)CC1. The first kappa shape index (κ1) is 28.9. The molecule has 1 unspecified atom stereocenters. The van der Waals surface area contributed by atoms with Crippen LogP contribution in [0.4, 0.5) is 5.82 Å². The average Bonchev–Trinajstić information content (AvgIpc) is 3.44. The molecular weight excluding hydrogens is 555 g/mol. The Morgan fingerprint density at radius 2 is 2.02 bits per heavy atom. The fourth-order valence-corrected chi connectivity index (χ4v) is 5.91. The zero-order chi connectivity index (χ0) is 29.4. The van der Waals surface area contributed by atoms with Crippen LogP contribution in [0, 0.1) is 16.7 Å². The summed E-state index contributed by atoms with van der Waals surface area (Å²) in [7, 11) is -4.40. The van der Waals surface area contributed by atoms with Crippen molar-refractivity contribution >= 4 is 25.1 Å². The van der Waals surface area contributed by atoms with Crippen LogP contribution in [0.1, 0.15) is 38.5 Å². The predicted molar refractivity (Wildman–Crippen MR) is 143 cm³/mol. The molecule has 41 heavy (non-hydrogen) atoms. The van der Waals surface area contributed by atoms with E-state index in [2.05, 4.69) is 15.2 Å². The Kier molecular flexibility index (Phi) is 7.78. The van der Waals surface area contributed by atoms with Crippen molar-refractivity contribution in [2.24, 2.45) is 5.41 Å². The molecule has 1 aliphatic heterocycles. The number of para-hydroxylation sites is 1. The molecule has 3 heterocycles. The summed E-state index contributed by atoms with van der Waals surface area (Å²) in [5.74, 6) is -0.330. The lowest BCUT2D eigenvalue weighted by molar-refractivity contribution is -0.147. The second kappa shape index (κ2) is 11.0. The van der Waals surface area contributed by atoms with Crippen LogP contribution in [-0.4, -0.2) is 67.8 Å². The number of benzene rings is 1. The van der Waals surface area contributed by atoms with Gasteiger partial charge in [0, 0.05) is 5.41 Å². The normalized spacial score (nSPS) is 27.0. The van der Waals surface area contributed by atoms with E-state index in [-0.39, 0.29) is 23.6 Å². The van der Waals surface area contributed by atoms with Crippen LogP contribution >= 0.6 is 7.75 Å². The van der Waals surface area contributed by atoms with Crippen molar-refractivity contribution in [3.05, 3.63) is 54.5 Å². The number of hydrogen-bond acceptors (Lipinski definition) is 12. The second-order valence-corrected chi connectivity index (χ2v) is 12.3.